The number of nitrogens with two attached hydrogens (primary N) is 2. The van der Waals surface area contributed by atoms with Crippen LogP contribution < -0.4 is 11.5 Å². The van der Waals surface area contributed by atoms with Crippen LogP contribution in [0.2, 0.25) is 0 Å². The lowest BCUT2D eigenvalue weighted by molar-refractivity contribution is 0.585. The number of nitrogens with zero attached hydrogens (tertiary/aromatic N) is 1. The monoisotopic (exact) mass is 177 g/mol. The Morgan fingerprint density at radius 2 is 2.31 bits per heavy atom. The van der Waals surface area contributed by atoms with E-state index in [0.717, 1.165) is 23.7 Å². The third kappa shape index (κ3) is 1.98. The molecule has 70 valence electrons. The number of aromatic nitrogens is 1. The normalized spacial score (nSPS) is 18.5. The van der Waals surface area contributed by atoms with Crippen molar-refractivity contribution in [3.05, 3.63) is 24.0 Å². The summed E-state index contributed by atoms with van der Waals surface area (Å²) in [4.78, 5) is 4.21. The average Bonchev–Trinajstić information content (AvgIpc) is 2.89. The lowest BCUT2D eigenvalue weighted by atomic mass is 10.1. The second kappa shape index (κ2) is 3.34. The van der Waals surface area contributed by atoms with E-state index in [1.54, 1.807) is 6.20 Å². The Balaban J connectivity index is 2.09. The highest BCUT2D eigenvalue weighted by Crippen LogP contribution is 2.37. The third-order valence-electron chi connectivity index (χ3n) is 2.51. The van der Waals surface area contributed by atoms with Gasteiger partial charge in [-0.1, -0.05) is 12.8 Å². The number of rotatable bonds is 3. The van der Waals surface area contributed by atoms with Gasteiger partial charge < -0.3 is 11.5 Å². The van der Waals surface area contributed by atoms with Crippen LogP contribution in [-0.2, 0) is 0 Å². The standard InChI is InChI=1S/C10H15N3/c11-8-2-1-5-13-10(8)9(12)6-7-3-4-7/h1-2,5,7,9H,3-4,6,11-12H2/t9-/m1/s1. The van der Waals surface area contributed by atoms with E-state index in [1.807, 2.05) is 12.1 Å². The summed E-state index contributed by atoms with van der Waals surface area (Å²) in [6.07, 6.45) is 5.42. The minimum Gasteiger partial charge on any atom is -0.397 e. The number of hydrogen-bond donors (Lipinski definition) is 2. The first-order chi connectivity index (χ1) is 6.27. The number of anilines is 1. The molecule has 0 unspecified atom stereocenters. The quantitative estimate of drug-likeness (QED) is 0.734. The Labute approximate surface area is 78.1 Å². The van der Waals surface area contributed by atoms with Crippen LogP contribution in [0.1, 0.15) is 31.0 Å². The zero-order valence-electron chi connectivity index (χ0n) is 7.61. The maximum absolute atomic E-state index is 5.99. The van der Waals surface area contributed by atoms with Crippen LogP contribution >= 0.6 is 0 Å². The van der Waals surface area contributed by atoms with Crippen molar-refractivity contribution in [2.45, 2.75) is 25.3 Å². The Morgan fingerprint density at radius 3 is 2.92 bits per heavy atom. The highest BCUT2D eigenvalue weighted by atomic mass is 14.8. The number of pyridine rings is 1. The first-order valence-electron chi connectivity index (χ1n) is 4.73. The molecule has 0 amide bonds. The summed E-state index contributed by atoms with van der Waals surface area (Å²) in [7, 11) is 0. The van der Waals surface area contributed by atoms with E-state index >= 15 is 0 Å². The third-order valence-corrected chi connectivity index (χ3v) is 2.51. The van der Waals surface area contributed by atoms with Gasteiger partial charge in [-0.05, 0) is 24.5 Å². The number of nitrogen functional groups attached to an aromatic ring is 1. The zero-order valence-corrected chi connectivity index (χ0v) is 7.61. The molecular weight excluding hydrogens is 162 g/mol. The SMILES string of the molecule is Nc1cccnc1[C@H](N)CC1CC1. The summed E-state index contributed by atoms with van der Waals surface area (Å²) in [5, 5.41) is 0. The fourth-order valence-corrected chi connectivity index (χ4v) is 1.56. The minimum atomic E-state index is 0.0219. The van der Waals surface area contributed by atoms with E-state index in [2.05, 4.69) is 4.98 Å². The second-order valence-electron chi connectivity index (χ2n) is 3.76. The fourth-order valence-electron chi connectivity index (χ4n) is 1.56. The molecule has 0 saturated heterocycles. The molecule has 0 radical (unpaired) electrons. The van der Waals surface area contributed by atoms with Crippen molar-refractivity contribution in [1.29, 1.82) is 0 Å². The lowest BCUT2D eigenvalue weighted by Gasteiger charge is -2.11. The topological polar surface area (TPSA) is 64.9 Å². The minimum absolute atomic E-state index is 0.0219. The fraction of sp³-hybridized carbons (Fsp3) is 0.500. The van der Waals surface area contributed by atoms with Crippen LogP contribution in [0.5, 0.6) is 0 Å². The van der Waals surface area contributed by atoms with Crippen LogP contribution in [0.15, 0.2) is 18.3 Å². The van der Waals surface area contributed by atoms with Crippen LogP contribution in [-0.4, -0.2) is 4.98 Å². The van der Waals surface area contributed by atoms with Crippen molar-refractivity contribution in [1.82, 2.24) is 4.98 Å². The number of hydrogen-bond acceptors (Lipinski definition) is 3. The van der Waals surface area contributed by atoms with Gasteiger partial charge in [0.05, 0.1) is 11.4 Å². The zero-order chi connectivity index (χ0) is 9.26. The molecule has 0 aliphatic heterocycles. The molecule has 0 bridgehead atoms. The molecule has 1 atom stereocenters. The van der Waals surface area contributed by atoms with E-state index in [9.17, 15) is 0 Å². The molecular formula is C10H15N3. The van der Waals surface area contributed by atoms with E-state index in [0.29, 0.717) is 0 Å². The Bertz CT molecular complexity index is 294. The summed E-state index contributed by atoms with van der Waals surface area (Å²) in [6.45, 7) is 0. The van der Waals surface area contributed by atoms with Crippen LogP contribution in [0.4, 0.5) is 5.69 Å². The highest BCUT2D eigenvalue weighted by molar-refractivity contribution is 5.43. The van der Waals surface area contributed by atoms with Crippen LogP contribution in [0, 0.1) is 5.92 Å². The van der Waals surface area contributed by atoms with E-state index in [4.69, 9.17) is 11.5 Å². The van der Waals surface area contributed by atoms with Crippen LogP contribution in [0.25, 0.3) is 0 Å². The van der Waals surface area contributed by atoms with Crippen molar-refractivity contribution in [2.75, 3.05) is 5.73 Å². The molecule has 1 fully saturated rings. The molecule has 1 aromatic heterocycles. The lowest BCUT2D eigenvalue weighted by Crippen LogP contribution is -2.14. The predicted octanol–water partition coefficient (Wildman–Crippen LogP) is 1.46. The van der Waals surface area contributed by atoms with Gasteiger partial charge in [0.2, 0.25) is 0 Å². The second-order valence-corrected chi connectivity index (χ2v) is 3.76. The average molecular weight is 177 g/mol. The van der Waals surface area contributed by atoms with Crippen molar-refractivity contribution < 1.29 is 0 Å². The van der Waals surface area contributed by atoms with Crippen LogP contribution in [0.3, 0.4) is 0 Å². The van der Waals surface area contributed by atoms with Gasteiger partial charge in [0.1, 0.15) is 0 Å². The predicted molar refractivity (Wildman–Crippen MR) is 52.9 cm³/mol. The molecule has 1 aliphatic carbocycles. The molecule has 1 saturated carbocycles. The molecule has 4 N–H and O–H groups in total. The molecule has 0 spiro atoms. The van der Waals surface area contributed by atoms with Gasteiger partial charge in [0.15, 0.2) is 0 Å². The Hall–Kier alpha value is -1.09. The van der Waals surface area contributed by atoms with Gasteiger partial charge in [0, 0.05) is 12.2 Å². The van der Waals surface area contributed by atoms with Crippen molar-refractivity contribution in [3.8, 4) is 0 Å². The molecule has 1 aromatic rings. The molecule has 1 heterocycles. The molecule has 13 heavy (non-hydrogen) atoms. The summed E-state index contributed by atoms with van der Waals surface area (Å²) in [5.74, 6) is 0.816. The Kier molecular flexibility index (Phi) is 2.19. The van der Waals surface area contributed by atoms with Crippen molar-refractivity contribution in [3.63, 3.8) is 0 Å². The molecule has 3 nitrogen and oxygen atoms in total. The Morgan fingerprint density at radius 1 is 1.54 bits per heavy atom. The maximum atomic E-state index is 5.99. The van der Waals surface area contributed by atoms with Crippen molar-refractivity contribution in [2.24, 2.45) is 11.7 Å². The smallest absolute Gasteiger partial charge is 0.0799 e. The highest BCUT2D eigenvalue weighted by Gasteiger charge is 2.25. The molecule has 3 heteroatoms. The van der Waals surface area contributed by atoms with Gasteiger partial charge in [-0.25, -0.2) is 0 Å². The maximum Gasteiger partial charge on any atom is 0.0799 e. The van der Waals surface area contributed by atoms with E-state index < -0.39 is 0 Å². The van der Waals surface area contributed by atoms with Gasteiger partial charge in [-0.15, -0.1) is 0 Å². The summed E-state index contributed by atoms with van der Waals surface area (Å²) >= 11 is 0. The first kappa shape index (κ1) is 8.51. The first-order valence-corrected chi connectivity index (χ1v) is 4.73. The molecule has 1 aliphatic rings. The van der Waals surface area contributed by atoms with Crippen molar-refractivity contribution >= 4 is 5.69 Å². The van der Waals surface area contributed by atoms with E-state index in [-0.39, 0.29) is 6.04 Å². The summed E-state index contributed by atoms with van der Waals surface area (Å²) in [5.41, 5.74) is 13.3. The van der Waals surface area contributed by atoms with E-state index in [1.165, 1.54) is 12.8 Å². The molecule has 2 rings (SSSR count). The van der Waals surface area contributed by atoms with Gasteiger partial charge in [0.25, 0.3) is 0 Å². The molecule has 0 aromatic carbocycles. The van der Waals surface area contributed by atoms with Gasteiger partial charge in [-0.3, -0.25) is 4.98 Å². The van der Waals surface area contributed by atoms with Gasteiger partial charge >= 0.3 is 0 Å². The van der Waals surface area contributed by atoms with Gasteiger partial charge in [-0.2, -0.15) is 0 Å². The summed E-state index contributed by atoms with van der Waals surface area (Å²) in [6, 6.07) is 3.71. The summed E-state index contributed by atoms with van der Waals surface area (Å²) < 4.78 is 0. The largest absolute Gasteiger partial charge is 0.397 e.